The molecular weight excluding hydrogens is 381 g/mol. The molecule has 2 rings (SSSR count). The van der Waals surface area contributed by atoms with Gasteiger partial charge in [-0.25, -0.2) is 0 Å². The number of rotatable bonds is 5. The summed E-state index contributed by atoms with van der Waals surface area (Å²) in [5.74, 6) is 1.53. The molecule has 2 N–H and O–H groups in total. The summed E-state index contributed by atoms with van der Waals surface area (Å²) in [4.78, 5) is 6.52. The minimum atomic E-state index is 0. The Balaban J connectivity index is 0.00000220. The largest absolute Gasteiger partial charge is 0.497 e. The number of aryl methyl sites for hydroxylation is 1. The average Bonchev–Trinajstić information content (AvgIpc) is 2.53. The molecule has 1 aliphatic rings. The highest BCUT2D eigenvalue weighted by Crippen LogP contribution is 2.12. The van der Waals surface area contributed by atoms with Gasteiger partial charge in [-0.2, -0.15) is 0 Å². The maximum atomic E-state index is 5.97. The first-order chi connectivity index (χ1) is 9.79. The lowest BCUT2D eigenvalue weighted by Crippen LogP contribution is -2.44. The van der Waals surface area contributed by atoms with Crippen LogP contribution in [-0.2, 0) is 11.2 Å². The van der Waals surface area contributed by atoms with Crippen molar-refractivity contribution in [2.45, 2.75) is 12.8 Å². The summed E-state index contributed by atoms with van der Waals surface area (Å²) in [6.07, 6.45) is 2.00. The van der Waals surface area contributed by atoms with E-state index in [-0.39, 0.29) is 24.0 Å². The Morgan fingerprint density at radius 1 is 1.29 bits per heavy atom. The van der Waals surface area contributed by atoms with Gasteiger partial charge in [0.2, 0.25) is 0 Å². The van der Waals surface area contributed by atoms with E-state index in [1.54, 1.807) is 7.11 Å². The van der Waals surface area contributed by atoms with Crippen LogP contribution in [0.25, 0.3) is 0 Å². The Morgan fingerprint density at radius 3 is 2.57 bits per heavy atom. The Hall–Kier alpha value is -1.02. The van der Waals surface area contributed by atoms with Crippen molar-refractivity contribution in [2.24, 2.45) is 10.7 Å². The van der Waals surface area contributed by atoms with Crippen molar-refractivity contribution in [1.29, 1.82) is 0 Å². The molecule has 1 aliphatic heterocycles. The lowest BCUT2D eigenvalue weighted by atomic mass is 10.1. The molecular formula is C15H24IN3O2. The third-order valence-corrected chi connectivity index (χ3v) is 3.39. The summed E-state index contributed by atoms with van der Waals surface area (Å²) in [7, 11) is 1.68. The van der Waals surface area contributed by atoms with E-state index in [1.165, 1.54) is 5.56 Å². The van der Waals surface area contributed by atoms with E-state index >= 15 is 0 Å². The highest BCUT2D eigenvalue weighted by molar-refractivity contribution is 14.0. The van der Waals surface area contributed by atoms with Crippen molar-refractivity contribution < 1.29 is 9.47 Å². The summed E-state index contributed by atoms with van der Waals surface area (Å²) in [5.41, 5.74) is 7.27. The molecule has 1 fully saturated rings. The maximum absolute atomic E-state index is 5.97. The Bertz CT molecular complexity index is 431. The van der Waals surface area contributed by atoms with Gasteiger partial charge in [0.1, 0.15) is 5.75 Å². The second kappa shape index (κ2) is 9.83. The van der Waals surface area contributed by atoms with Crippen LogP contribution in [0, 0.1) is 0 Å². The van der Waals surface area contributed by atoms with Crippen molar-refractivity contribution >= 4 is 29.9 Å². The van der Waals surface area contributed by atoms with Crippen LogP contribution >= 0.6 is 24.0 Å². The minimum absolute atomic E-state index is 0. The van der Waals surface area contributed by atoms with E-state index in [0.717, 1.165) is 51.4 Å². The van der Waals surface area contributed by atoms with E-state index in [2.05, 4.69) is 22.0 Å². The molecule has 0 spiro atoms. The van der Waals surface area contributed by atoms with Crippen LogP contribution < -0.4 is 10.5 Å². The third kappa shape index (κ3) is 6.09. The van der Waals surface area contributed by atoms with Gasteiger partial charge in [0.25, 0.3) is 0 Å². The Morgan fingerprint density at radius 2 is 1.95 bits per heavy atom. The van der Waals surface area contributed by atoms with Crippen LogP contribution in [-0.4, -0.2) is 50.8 Å². The van der Waals surface area contributed by atoms with Crippen LogP contribution in [0.4, 0.5) is 0 Å². The number of aliphatic imine (C=N–C) groups is 1. The molecule has 1 aromatic carbocycles. The Labute approximate surface area is 143 Å². The number of methoxy groups -OCH3 is 1. The monoisotopic (exact) mass is 405 g/mol. The van der Waals surface area contributed by atoms with Gasteiger partial charge in [0.15, 0.2) is 5.96 Å². The van der Waals surface area contributed by atoms with E-state index in [1.807, 2.05) is 12.1 Å². The number of ether oxygens (including phenoxy) is 2. The van der Waals surface area contributed by atoms with Gasteiger partial charge in [0.05, 0.1) is 20.3 Å². The summed E-state index contributed by atoms with van der Waals surface area (Å²) in [6, 6.07) is 8.16. The fraction of sp³-hybridized carbons (Fsp3) is 0.533. The Kier molecular flexibility index (Phi) is 8.44. The first-order valence-electron chi connectivity index (χ1n) is 7.05. The molecule has 0 aliphatic carbocycles. The molecule has 1 saturated heterocycles. The zero-order valence-corrected chi connectivity index (χ0v) is 14.8. The standard InChI is InChI=1S/C15H23N3O2.HI/c1-19-14-6-4-13(5-7-14)3-2-8-17-15(16)18-9-11-20-12-10-18;/h4-7H,2-3,8-12H2,1H3,(H2,16,17);1H. The first kappa shape index (κ1) is 18.0. The minimum Gasteiger partial charge on any atom is -0.497 e. The van der Waals surface area contributed by atoms with Crippen LogP contribution in [0.2, 0.25) is 0 Å². The van der Waals surface area contributed by atoms with Gasteiger partial charge in [0, 0.05) is 19.6 Å². The average molecular weight is 405 g/mol. The second-order valence-corrected chi connectivity index (χ2v) is 4.79. The van der Waals surface area contributed by atoms with Crippen molar-refractivity contribution in [1.82, 2.24) is 4.90 Å². The summed E-state index contributed by atoms with van der Waals surface area (Å²) in [6.45, 7) is 3.92. The molecule has 1 heterocycles. The number of guanidine groups is 1. The number of nitrogens with zero attached hydrogens (tertiary/aromatic N) is 2. The molecule has 0 amide bonds. The van der Waals surface area contributed by atoms with Crippen molar-refractivity contribution in [3.8, 4) is 5.75 Å². The summed E-state index contributed by atoms with van der Waals surface area (Å²) in [5, 5.41) is 0. The number of morpholine rings is 1. The summed E-state index contributed by atoms with van der Waals surface area (Å²) < 4.78 is 10.4. The predicted molar refractivity (Wildman–Crippen MR) is 95.6 cm³/mol. The van der Waals surface area contributed by atoms with Crippen molar-refractivity contribution in [3.63, 3.8) is 0 Å². The lowest BCUT2D eigenvalue weighted by Gasteiger charge is -2.27. The number of nitrogens with two attached hydrogens (primary N) is 1. The lowest BCUT2D eigenvalue weighted by molar-refractivity contribution is 0.0674. The predicted octanol–water partition coefficient (Wildman–Crippen LogP) is 1.89. The van der Waals surface area contributed by atoms with Crippen LogP contribution in [0.5, 0.6) is 5.75 Å². The van der Waals surface area contributed by atoms with Gasteiger partial charge < -0.3 is 20.1 Å². The van der Waals surface area contributed by atoms with Gasteiger partial charge in [-0.05, 0) is 30.5 Å². The first-order valence-corrected chi connectivity index (χ1v) is 7.05. The molecule has 0 saturated carbocycles. The quantitative estimate of drug-likeness (QED) is 0.352. The second-order valence-electron chi connectivity index (χ2n) is 4.79. The van der Waals surface area contributed by atoms with E-state index in [0.29, 0.717) is 5.96 Å². The number of hydrogen-bond donors (Lipinski definition) is 1. The van der Waals surface area contributed by atoms with Crippen molar-refractivity contribution in [2.75, 3.05) is 40.0 Å². The molecule has 118 valence electrons. The highest BCUT2D eigenvalue weighted by atomic mass is 127. The molecule has 1 aromatic rings. The molecule has 0 unspecified atom stereocenters. The number of halogens is 1. The molecule has 0 bridgehead atoms. The highest BCUT2D eigenvalue weighted by Gasteiger charge is 2.11. The maximum Gasteiger partial charge on any atom is 0.191 e. The summed E-state index contributed by atoms with van der Waals surface area (Å²) >= 11 is 0. The van der Waals surface area contributed by atoms with E-state index < -0.39 is 0 Å². The van der Waals surface area contributed by atoms with Crippen molar-refractivity contribution in [3.05, 3.63) is 29.8 Å². The molecule has 21 heavy (non-hydrogen) atoms. The van der Waals surface area contributed by atoms with Gasteiger partial charge in [-0.1, -0.05) is 12.1 Å². The molecule has 0 aromatic heterocycles. The number of hydrogen-bond acceptors (Lipinski definition) is 3. The molecule has 0 atom stereocenters. The molecule has 6 heteroatoms. The van der Waals surface area contributed by atoms with Gasteiger partial charge in [-0.15, -0.1) is 24.0 Å². The molecule has 0 radical (unpaired) electrons. The zero-order chi connectivity index (χ0) is 14.2. The zero-order valence-electron chi connectivity index (χ0n) is 12.5. The fourth-order valence-corrected chi connectivity index (χ4v) is 2.16. The van der Waals surface area contributed by atoms with Crippen LogP contribution in [0.3, 0.4) is 0 Å². The van der Waals surface area contributed by atoms with E-state index in [4.69, 9.17) is 15.2 Å². The van der Waals surface area contributed by atoms with Crippen LogP contribution in [0.15, 0.2) is 29.3 Å². The van der Waals surface area contributed by atoms with Crippen LogP contribution in [0.1, 0.15) is 12.0 Å². The fourth-order valence-electron chi connectivity index (χ4n) is 2.16. The smallest absolute Gasteiger partial charge is 0.191 e. The number of benzene rings is 1. The normalized spacial score (nSPS) is 15.5. The SMILES string of the molecule is COc1ccc(CCCN=C(N)N2CCOCC2)cc1.I. The van der Waals surface area contributed by atoms with Gasteiger partial charge >= 0.3 is 0 Å². The molecule has 5 nitrogen and oxygen atoms in total. The topological polar surface area (TPSA) is 60.1 Å². The third-order valence-electron chi connectivity index (χ3n) is 3.39. The van der Waals surface area contributed by atoms with E-state index in [9.17, 15) is 0 Å². The van der Waals surface area contributed by atoms with Gasteiger partial charge in [-0.3, -0.25) is 4.99 Å².